The molecule has 2 heterocycles. The number of amides is 2. The monoisotopic (exact) mass is 401 g/mol. The molecule has 0 radical (unpaired) electrons. The van der Waals surface area contributed by atoms with Gasteiger partial charge in [0, 0.05) is 36.9 Å². The smallest absolute Gasteiger partial charge is 0.237 e. The summed E-state index contributed by atoms with van der Waals surface area (Å²) in [5.41, 5.74) is 3.35. The van der Waals surface area contributed by atoms with E-state index < -0.39 is 6.04 Å². The predicted molar refractivity (Wildman–Crippen MR) is 108 cm³/mol. The Balaban J connectivity index is 1.67. The number of aromatic nitrogens is 2. The van der Waals surface area contributed by atoms with Crippen LogP contribution in [0, 0.1) is 19.7 Å². The molecular formula is C21H28FN5O2. The molecule has 7 nitrogen and oxygen atoms in total. The van der Waals surface area contributed by atoms with Crippen molar-refractivity contribution in [3.8, 4) is 5.69 Å². The molecule has 1 aromatic heterocycles. The van der Waals surface area contributed by atoms with E-state index >= 15 is 0 Å². The first-order chi connectivity index (χ1) is 13.8. The van der Waals surface area contributed by atoms with Crippen LogP contribution in [0.5, 0.6) is 0 Å². The molecule has 0 aliphatic carbocycles. The van der Waals surface area contributed by atoms with E-state index in [-0.39, 0.29) is 30.1 Å². The minimum Gasteiger partial charge on any atom is -0.353 e. The number of rotatable bonds is 6. The van der Waals surface area contributed by atoms with E-state index in [0.29, 0.717) is 13.1 Å². The third kappa shape index (κ3) is 4.64. The number of benzene rings is 1. The summed E-state index contributed by atoms with van der Waals surface area (Å²) < 4.78 is 14.9. The maximum Gasteiger partial charge on any atom is 0.237 e. The Morgan fingerprint density at radius 2 is 2.00 bits per heavy atom. The fourth-order valence-electron chi connectivity index (χ4n) is 3.76. The Labute approximate surface area is 170 Å². The molecule has 1 fully saturated rings. The number of halogens is 1. The molecule has 1 aliphatic heterocycles. The highest BCUT2D eigenvalue weighted by molar-refractivity contribution is 5.88. The van der Waals surface area contributed by atoms with Crippen molar-refractivity contribution in [2.45, 2.75) is 52.7 Å². The molecule has 1 aliphatic rings. The quantitative estimate of drug-likeness (QED) is 0.774. The van der Waals surface area contributed by atoms with Gasteiger partial charge in [0.15, 0.2) is 0 Å². The largest absolute Gasteiger partial charge is 0.353 e. The molecular weight excluding hydrogens is 373 g/mol. The molecule has 2 N–H and O–H groups in total. The van der Waals surface area contributed by atoms with Crippen LogP contribution in [0.15, 0.2) is 24.3 Å². The number of nitrogens with one attached hydrogen (secondary N) is 2. The highest BCUT2D eigenvalue weighted by Crippen LogP contribution is 2.19. The molecule has 0 spiro atoms. The Hall–Kier alpha value is -2.74. The van der Waals surface area contributed by atoms with Gasteiger partial charge >= 0.3 is 0 Å². The summed E-state index contributed by atoms with van der Waals surface area (Å²) in [6, 6.07) is 5.86. The summed E-state index contributed by atoms with van der Waals surface area (Å²) in [5.74, 6) is -0.576. The number of carbonyl (C=O) groups is 2. The first kappa shape index (κ1) is 21.0. The van der Waals surface area contributed by atoms with Crippen LogP contribution in [0.25, 0.3) is 5.69 Å². The van der Waals surface area contributed by atoms with E-state index in [0.717, 1.165) is 29.2 Å². The van der Waals surface area contributed by atoms with Crippen LogP contribution in [-0.4, -0.2) is 51.7 Å². The molecule has 1 atom stereocenters. The number of carbonyl (C=O) groups excluding carboxylic acids is 2. The molecule has 1 aromatic carbocycles. The lowest BCUT2D eigenvalue weighted by Crippen LogP contribution is -2.58. The first-order valence-corrected chi connectivity index (χ1v) is 9.89. The zero-order valence-electron chi connectivity index (χ0n) is 17.3. The van der Waals surface area contributed by atoms with E-state index in [1.807, 2.05) is 27.7 Å². The van der Waals surface area contributed by atoms with E-state index in [1.165, 1.54) is 12.1 Å². The summed E-state index contributed by atoms with van der Waals surface area (Å²) in [6.07, 6.45) is 0.119. The Morgan fingerprint density at radius 3 is 2.66 bits per heavy atom. The van der Waals surface area contributed by atoms with Crippen molar-refractivity contribution >= 4 is 11.8 Å². The van der Waals surface area contributed by atoms with Crippen molar-refractivity contribution in [2.24, 2.45) is 0 Å². The first-order valence-electron chi connectivity index (χ1n) is 9.89. The maximum atomic E-state index is 13.2. The third-order valence-corrected chi connectivity index (χ3v) is 5.39. The van der Waals surface area contributed by atoms with E-state index in [2.05, 4.69) is 20.6 Å². The molecule has 2 aromatic rings. The molecule has 1 saturated heterocycles. The van der Waals surface area contributed by atoms with Gasteiger partial charge in [-0.3, -0.25) is 14.5 Å². The third-order valence-electron chi connectivity index (χ3n) is 5.39. The summed E-state index contributed by atoms with van der Waals surface area (Å²) in [6.45, 7) is 9.53. The number of piperazine rings is 1. The van der Waals surface area contributed by atoms with Crippen molar-refractivity contribution in [1.29, 1.82) is 0 Å². The number of nitrogens with zero attached hydrogens (tertiary/aromatic N) is 3. The zero-order valence-corrected chi connectivity index (χ0v) is 17.3. The Morgan fingerprint density at radius 1 is 1.31 bits per heavy atom. The zero-order chi connectivity index (χ0) is 21.1. The van der Waals surface area contributed by atoms with Crippen LogP contribution in [0.4, 0.5) is 4.39 Å². The maximum absolute atomic E-state index is 13.2. The summed E-state index contributed by atoms with van der Waals surface area (Å²) in [7, 11) is 0. The standard InChI is InChI=1S/C21H28FN5O2/c1-13(2)26-10-9-23-21(29)19(26)11-20(28)24-12-18-14(3)25-27(15(18)4)17-7-5-16(22)6-8-17/h5-8,13,19H,9-12H2,1-4H3,(H,23,29)(H,24,28)/t19-/m1/s1. The van der Waals surface area contributed by atoms with Crippen molar-refractivity contribution < 1.29 is 14.0 Å². The highest BCUT2D eigenvalue weighted by atomic mass is 19.1. The van der Waals surface area contributed by atoms with Gasteiger partial charge in [-0.15, -0.1) is 0 Å². The molecule has 0 unspecified atom stereocenters. The van der Waals surface area contributed by atoms with E-state index in [1.54, 1.807) is 16.8 Å². The van der Waals surface area contributed by atoms with Gasteiger partial charge in [-0.1, -0.05) is 0 Å². The van der Waals surface area contributed by atoms with Gasteiger partial charge in [0.2, 0.25) is 11.8 Å². The van der Waals surface area contributed by atoms with Crippen molar-refractivity contribution in [3.63, 3.8) is 0 Å². The molecule has 3 rings (SSSR count). The fraction of sp³-hybridized carbons (Fsp3) is 0.476. The topological polar surface area (TPSA) is 79.3 Å². The minimum atomic E-state index is -0.451. The Kier molecular flexibility index (Phi) is 6.32. The fourth-order valence-corrected chi connectivity index (χ4v) is 3.76. The van der Waals surface area contributed by atoms with Crippen LogP contribution in [0.1, 0.15) is 37.2 Å². The second-order valence-electron chi connectivity index (χ2n) is 7.66. The average molecular weight is 401 g/mol. The molecule has 8 heteroatoms. The SMILES string of the molecule is Cc1nn(-c2ccc(F)cc2)c(C)c1CNC(=O)C[C@@H]1C(=O)NCCN1C(C)C. The molecule has 0 saturated carbocycles. The van der Waals surface area contributed by atoms with E-state index in [9.17, 15) is 14.0 Å². The Bertz CT molecular complexity index is 891. The van der Waals surface area contributed by atoms with Crippen molar-refractivity contribution in [2.75, 3.05) is 13.1 Å². The number of aryl methyl sites for hydroxylation is 1. The lowest BCUT2D eigenvalue weighted by molar-refractivity contribution is -0.134. The van der Waals surface area contributed by atoms with Gasteiger partial charge in [0.05, 0.1) is 23.8 Å². The van der Waals surface area contributed by atoms with Gasteiger partial charge in [-0.2, -0.15) is 5.10 Å². The molecule has 2 amide bonds. The minimum absolute atomic E-state index is 0.100. The van der Waals surface area contributed by atoms with Gasteiger partial charge in [-0.25, -0.2) is 9.07 Å². The summed E-state index contributed by atoms with van der Waals surface area (Å²) >= 11 is 0. The lowest BCUT2D eigenvalue weighted by Gasteiger charge is -2.37. The van der Waals surface area contributed by atoms with Crippen LogP contribution in [-0.2, 0) is 16.1 Å². The second-order valence-corrected chi connectivity index (χ2v) is 7.66. The lowest BCUT2D eigenvalue weighted by atomic mass is 10.1. The molecule has 0 bridgehead atoms. The number of hydrogen-bond donors (Lipinski definition) is 2. The van der Waals surface area contributed by atoms with Crippen molar-refractivity contribution in [3.05, 3.63) is 47.0 Å². The van der Waals surface area contributed by atoms with Crippen LogP contribution in [0.2, 0.25) is 0 Å². The van der Waals surface area contributed by atoms with Crippen molar-refractivity contribution in [1.82, 2.24) is 25.3 Å². The molecule has 29 heavy (non-hydrogen) atoms. The summed E-state index contributed by atoms with van der Waals surface area (Å²) in [5, 5.41) is 10.3. The predicted octanol–water partition coefficient (Wildman–Crippen LogP) is 1.84. The average Bonchev–Trinajstić information content (AvgIpc) is 2.96. The van der Waals surface area contributed by atoms with Crippen LogP contribution in [0.3, 0.4) is 0 Å². The van der Waals surface area contributed by atoms with Gasteiger partial charge in [0.1, 0.15) is 5.82 Å². The van der Waals surface area contributed by atoms with Gasteiger partial charge in [0.25, 0.3) is 0 Å². The highest BCUT2D eigenvalue weighted by Gasteiger charge is 2.32. The van der Waals surface area contributed by atoms with Crippen LogP contribution >= 0.6 is 0 Å². The number of hydrogen-bond acceptors (Lipinski definition) is 4. The van der Waals surface area contributed by atoms with Gasteiger partial charge < -0.3 is 10.6 Å². The van der Waals surface area contributed by atoms with Crippen LogP contribution < -0.4 is 10.6 Å². The van der Waals surface area contributed by atoms with E-state index in [4.69, 9.17) is 0 Å². The normalized spacial score (nSPS) is 17.4. The second kappa shape index (κ2) is 8.73. The van der Waals surface area contributed by atoms with Gasteiger partial charge in [-0.05, 0) is 52.0 Å². The molecule has 156 valence electrons. The summed E-state index contributed by atoms with van der Waals surface area (Å²) in [4.78, 5) is 26.8.